The second-order valence-electron chi connectivity index (χ2n) is 4.16. The molecule has 0 saturated carbocycles. The van der Waals surface area contributed by atoms with Gasteiger partial charge in [-0.1, -0.05) is 60.7 Å². The lowest BCUT2D eigenvalue weighted by atomic mass is 9.86. The van der Waals surface area contributed by atoms with Gasteiger partial charge in [-0.3, -0.25) is 0 Å². The average molecular weight is 211 g/mol. The Morgan fingerprint density at radius 2 is 1.12 bits per heavy atom. The van der Waals surface area contributed by atoms with Gasteiger partial charge in [-0.2, -0.15) is 0 Å². The lowest BCUT2D eigenvalue weighted by Gasteiger charge is -2.21. The highest BCUT2D eigenvalue weighted by molar-refractivity contribution is 5.33. The van der Waals surface area contributed by atoms with Crippen molar-refractivity contribution < 1.29 is 0 Å². The van der Waals surface area contributed by atoms with Crippen molar-refractivity contribution in [2.24, 2.45) is 5.73 Å². The van der Waals surface area contributed by atoms with Gasteiger partial charge in [0, 0.05) is 12.0 Å². The number of benzene rings is 2. The molecule has 0 fully saturated rings. The second kappa shape index (κ2) is 4.95. The highest BCUT2D eigenvalue weighted by Crippen LogP contribution is 2.26. The van der Waals surface area contributed by atoms with Gasteiger partial charge in [0.25, 0.3) is 0 Å². The first-order valence-electron chi connectivity index (χ1n) is 5.64. The molecule has 2 rings (SSSR count). The van der Waals surface area contributed by atoms with Crippen LogP contribution in [0.3, 0.4) is 0 Å². The summed E-state index contributed by atoms with van der Waals surface area (Å²) in [5, 5.41) is 0. The van der Waals surface area contributed by atoms with Crippen LogP contribution in [0.25, 0.3) is 0 Å². The predicted octanol–water partition coefficient (Wildman–Crippen LogP) is 3.17. The van der Waals surface area contributed by atoms with Crippen molar-refractivity contribution in [3.8, 4) is 0 Å². The Labute approximate surface area is 96.9 Å². The van der Waals surface area contributed by atoms with Gasteiger partial charge in [-0.25, -0.2) is 0 Å². The summed E-state index contributed by atoms with van der Waals surface area (Å²) < 4.78 is 0. The van der Waals surface area contributed by atoms with Gasteiger partial charge < -0.3 is 5.73 Å². The van der Waals surface area contributed by atoms with Crippen molar-refractivity contribution in [3.63, 3.8) is 0 Å². The van der Waals surface area contributed by atoms with E-state index in [1.54, 1.807) is 0 Å². The van der Waals surface area contributed by atoms with Gasteiger partial charge in [0.2, 0.25) is 0 Å². The Morgan fingerprint density at radius 3 is 1.44 bits per heavy atom. The first-order valence-corrected chi connectivity index (χ1v) is 5.64. The van der Waals surface area contributed by atoms with Gasteiger partial charge in [0.15, 0.2) is 0 Å². The van der Waals surface area contributed by atoms with E-state index in [1.165, 1.54) is 11.1 Å². The molecule has 2 N–H and O–H groups in total. The number of nitrogens with two attached hydrogens (primary N) is 1. The summed E-state index contributed by atoms with van der Waals surface area (Å²) >= 11 is 0. The Morgan fingerprint density at radius 1 is 0.750 bits per heavy atom. The van der Waals surface area contributed by atoms with E-state index in [1.807, 2.05) is 12.1 Å². The van der Waals surface area contributed by atoms with E-state index in [-0.39, 0.29) is 12.0 Å². The van der Waals surface area contributed by atoms with Gasteiger partial charge in [-0.15, -0.1) is 0 Å². The molecule has 82 valence electrons. The van der Waals surface area contributed by atoms with E-state index in [0.717, 1.165) is 0 Å². The Bertz CT molecular complexity index is 380. The largest absolute Gasteiger partial charge is 0.327 e. The third-order valence-corrected chi connectivity index (χ3v) is 2.84. The molecule has 0 bridgehead atoms. The van der Waals surface area contributed by atoms with Gasteiger partial charge >= 0.3 is 0 Å². The minimum Gasteiger partial charge on any atom is -0.327 e. The Kier molecular flexibility index (Phi) is 3.37. The lowest BCUT2D eigenvalue weighted by molar-refractivity contribution is 0.645. The zero-order chi connectivity index (χ0) is 11.4. The summed E-state index contributed by atoms with van der Waals surface area (Å²) in [5.74, 6) is 0.280. The van der Waals surface area contributed by atoms with Gasteiger partial charge in [-0.05, 0) is 18.1 Å². The van der Waals surface area contributed by atoms with Crippen LogP contribution in [0, 0.1) is 0 Å². The van der Waals surface area contributed by atoms with Crippen LogP contribution in [0.5, 0.6) is 0 Å². The molecule has 2 aromatic carbocycles. The smallest absolute Gasteiger partial charge is 0.0238 e. The first kappa shape index (κ1) is 10.9. The maximum atomic E-state index is 6.10. The summed E-state index contributed by atoms with van der Waals surface area (Å²) in [7, 11) is 0. The number of hydrogen-bond donors (Lipinski definition) is 1. The van der Waals surface area contributed by atoms with E-state index in [9.17, 15) is 0 Å². The van der Waals surface area contributed by atoms with E-state index in [2.05, 4.69) is 55.5 Å². The summed E-state index contributed by atoms with van der Waals surface area (Å²) in [6, 6.07) is 21.0. The Balaban J connectivity index is 2.40. The molecule has 0 heterocycles. The average Bonchev–Trinajstić information content (AvgIpc) is 2.31. The van der Waals surface area contributed by atoms with Crippen molar-refractivity contribution in [1.29, 1.82) is 0 Å². The van der Waals surface area contributed by atoms with Crippen molar-refractivity contribution in [2.75, 3.05) is 0 Å². The summed E-state index contributed by atoms with van der Waals surface area (Å²) in [6.45, 7) is 2.06. The lowest BCUT2D eigenvalue weighted by Crippen LogP contribution is -2.25. The predicted molar refractivity (Wildman–Crippen MR) is 68.4 cm³/mol. The monoisotopic (exact) mass is 211 g/mol. The molecular formula is C15H17N. The van der Waals surface area contributed by atoms with E-state index in [4.69, 9.17) is 5.73 Å². The van der Waals surface area contributed by atoms with Gasteiger partial charge in [0.1, 0.15) is 0 Å². The first-order chi connectivity index (χ1) is 7.79. The van der Waals surface area contributed by atoms with Crippen molar-refractivity contribution in [1.82, 2.24) is 0 Å². The molecule has 1 heteroatoms. The van der Waals surface area contributed by atoms with Crippen molar-refractivity contribution >= 4 is 0 Å². The fraction of sp³-hybridized carbons (Fsp3) is 0.200. The molecule has 0 amide bonds. The fourth-order valence-electron chi connectivity index (χ4n) is 2.12. The zero-order valence-electron chi connectivity index (χ0n) is 9.51. The minimum atomic E-state index is 0.116. The second-order valence-corrected chi connectivity index (χ2v) is 4.16. The molecule has 2 aromatic rings. The highest BCUT2D eigenvalue weighted by Gasteiger charge is 2.17. The molecule has 0 spiro atoms. The summed E-state index contributed by atoms with van der Waals surface area (Å²) in [6.07, 6.45) is 0. The SMILES string of the molecule is CC(N)C(c1ccccc1)c1ccccc1. The fourth-order valence-corrected chi connectivity index (χ4v) is 2.12. The molecule has 0 radical (unpaired) electrons. The normalized spacial score (nSPS) is 12.7. The van der Waals surface area contributed by atoms with Crippen LogP contribution >= 0.6 is 0 Å². The third-order valence-electron chi connectivity index (χ3n) is 2.84. The standard InChI is InChI=1S/C15H17N/c1-12(16)15(13-8-4-2-5-9-13)14-10-6-3-7-11-14/h2-12,15H,16H2,1H3. The quantitative estimate of drug-likeness (QED) is 0.829. The molecule has 0 aliphatic carbocycles. The maximum Gasteiger partial charge on any atom is 0.0238 e. The molecule has 1 unspecified atom stereocenters. The summed E-state index contributed by atoms with van der Waals surface area (Å²) in [5.41, 5.74) is 8.66. The zero-order valence-corrected chi connectivity index (χ0v) is 9.51. The van der Waals surface area contributed by atoms with Crippen molar-refractivity contribution in [3.05, 3.63) is 71.8 Å². The highest BCUT2D eigenvalue weighted by atomic mass is 14.6. The topological polar surface area (TPSA) is 26.0 Å². The molecule has 0 aromatic heterocycles. The van der Waals surface area contributed by atoms with E-state index < -0.39 is 0 Å². The van der Waals surface area contributed by atoms with E-state index >= 15 is 0 Å². The molecule has 16 heavy (non-hydrogen) atoms. The molecule has 1 nitrogen and oxygen atoms in total. The molecule has 0 aliphatic heterocycles. The van der Waals surface area contributed by atoms with Crippen LogP contribution in [0.15, 0.2) is 60.7 Å². The molecule has 0 aliphatic rings. The molecular weight excluding hydrogens is 194 g/mol. The third kappa shape index (κ3) is 2.31. The van der Waals surface area contributed by atoms with Crippen LogP contribution in [0.2, 0.25) is 0 Å². The van der Waals surface area contributed by atoms with Crippen LogP contribution < -0.4 is 5.73 Å². The summed E-state index contributed by atoms with van der Waals surface area (Å²) in [4.78, 5) is 0. The molecule has 0 saturated heterocycles. The van der Waals surface area contributed by atoms with E-state index in [0.29, 0.717) is 0 Å². The Hall–Kier alpha value is -1.60. The number of rotatable bonds is 3. The van der Waals surface area contributed by atoms with Gasteiger partial charge in [0.05, 0.1) is 0 Å². The van der Waals surface area contributed by atoms with Crippen LogP contribution in [-0.2, 0) is 0 Å². The minimum absolute atomic E-state index is 0.116. The number of hydrogen-bond acceptors (Lipinski definition) is 1. The maximum absolute atomic E-state index is 6.10. The van der Waals surface area contributed by atoms with Crippen LogP contribution in [0.4, 0.5) is 0 Å². The van der Waals surface area contributed by atoms with Crippen LogP contribution in [0.1, 0.15) is 24.0 Å². The molecule has 1 atom stereocenters. The van der Waals surface area contributed by atoms with Crippen molar-refractivity contribution in [2.45, 2.75) is 18.9 Å². The van der Waals surface area contributed by atoms with Crippen LogP contribution in [-0.4, -0.2) is 6.04 Å².